The number of benzene rings is 1. The topological polar surface area (TPSA) is 20.3 Å². The minimum Gasteiger partial charge on any atom is -0.339 e. The van der Waals surface area contributed by atoms with Gasteiger partial charge in [-0.2, -0.15) is 0 Å². The summed E-state index contributed by atoms with van der Waals surface area (Å²) >= 11 is 13.0. The molecule has 0 unspecified atom stereocenters. The molecule has 17 heavy (non-hydrogen) atoms. The van der Waals surface area contributed by atoms with Gasteiger partial charge in [0.05, 0.1) is 10.6 Å². The number of hydrogen-bond acceptors (Lipinski definition) is 1. The van der Waals surface area contributed by atoms with Crippen LogP contribution in [0.25, 0.3) is 0 Å². The second kappa shape index (κ2) is 5.72. The number of halogens is 3. The van der Waals surface area contributed by atoms with Crippen LogP contribution in [0.3, 0.4) is 0 Å². The van der Waals surface area contributed by atoms with E-state index in [1.54, 1.807) is 12.1 Å². The Morgan fingerprint density at radius 3 is 2.59 bits per heavy atom. The van der Waals surface area contributed by atoms with Gasteiger partial charge in [-0.3, -0.25) is 4.79 Å². The molecule has 0 N–H and O–H groups in total. The maximum Gasteiger partial charge on any atom is 0.255 e. The van der Waals surface area contributed by atoms with E-state index in [1.807, 2.05) is 11.0 Å². The Labute approximate surface area is 123 Å². The number of piperidine rings is 1. The van der Waals surface area contributed by atoms with Crippen molar-refractivity contribution in [2.45, 2.75) is 17.7 Å². The highest BCUT2D eigenvalue weighted by atomic mass is 79.9. The first-order valence-corrected chi connectivity index (χ1v) is 7.55. The van der Waals surface area contributed by atoms with Crippen LogP contribution in [0.15, 0.2) is 22.7 Å². The summed E-state index contributed by atoms with van der Waals surface area (Å²) in [5.41, 5.74) is 0.586. The average Bonchev–Trinajstić information content (AvgIpc) is 2.29. The Morgan fingerprint density at radius 1 is 1.35 bits per heavy atom. The molecule has 1 saturated heterocycles. The number of nitrogens with zero attached hydrogens (tertiary/aromatic N) is 1. The van der Waals surface area contributed by atoms with Gasteiger partial charge in [-0.25, -0.2) is 0 Å². The molecule has 0 spiro atoms. The van der Waals surface area contributed by atoms with Crippen LogP contribution < -0.4 is 0 Å². The summed E-state index contributed by atoms with van der Waals surface area (Å²) in [6.45, 7) is 1.59. The average molecular weight is 381 g/mol. The molecule has 5 heteroatoms. The molecule has 0 saturated carbocycles. The molecule has 1 heterocycles. The zero-order chi connectivity index (χ0) is 12.4. The minimum atomic E-state index is 0.0295. The number of likely N-dealkylation sites (tertiary alicyclic amines) is 1. The molecule has 0 aliphatic carbocycles. The first-order valence-electron chi connectivity index (χ1n) is 5.46. The van der Waals surface area contributed by atoms with Crippen molar-refractivity contribution in [2.75, 3.05) is 13.1 Å². The molecule has 1 aromatic carbocycles. The van der Waals surface area contributed by atoms with Gasteiger partial charge < -0.3 is 4.90 Å². The van der Waals surface area contributed by atoms with Crippen LogP contribution in [0.2, 0.25) is 5.02 Å². The third kappa shape index (κ3) is 3.24. The molecule has 1 aliphatic heterocycles. The fourth-order valence-corrected chi connectivity index (χ4v) is 3.05. The van der Waals surface area contributed by atoms with Crippen molar-refractivity contribution >= 4 is 49.4 Å². The van der Waals surface area contributed by atoms with Crippen LogP contribution in [0.1, 0.15) is 23.2 Å². The van der Waals surface area contributed by atoms with E-state index in [4.69, 9.17) is 11.6 Å². The monoisotopic (exact) mass is 379 g/mol. The lowest BCUT2D eigenvalue weighted by Gasteiger charge is -2.29. The Balaban J connectivity index is 2.14. The van der Waals surface area contributed by atoms with E-state index < -0.39 is 0 Å². The predicted octanol–water partition coefficient (Wildman–Crippen LogP) is 4.10. The third-order valence-corrected chi connectivity index (χ3v) is 4.59. The quantitative estimate of drug-likeness (QED) is 0.671. The van der Waals surface area contributed by atoms with Crippen LogP contribution in [0.4, 0.5) is 0 Å². The van der Waals surface area contributed by atoms with E-state index >= 15 is 0 Å². The Hall–Kier alpha value is -0.0600. The van der Waals surface area contributed by atoms with Crippen molar-refractivity contribution in [1.82, 2.24) is 4.90 Å². The van der Waals surface area contributed by atoms with Gasteiger partial charge in [0.2, 0.25) is 0 Å². The van der Waals surface area contributed by atoms with Crippen molar-refractivity contribution in [2.24, 2.45) is 0 Å². The summed E-state index contributed by atoms with van der Waals surface area (Å²) in [5, 5.41) is 0.505. The lowest BCUT2D eigenvalue weighted by molar-refractivity contribution is 0.0728. The Bertz CT molecular complexity index is 431. The van der Waals surface area contributed by atoms with Crippen LogP contribution >= 0.6 is 43.5 Å². The van der Waals surface area contributed by atoms with Crippen molar-refractivity contribution < 1.29 is 4.79 Å². The summed E-state index contributed by atoms with van der Waals surface area (Å²) in [6.07, 6.45) is 2.00. The highest BCUT2D eigenvalue weighted by molar-refractivity contribution is 9.10. The molecule has 0 atom stereocenters. The number of rotatable bonds is 1. The van der Waals surface area contributed by atoms with Gasteiger partial charge in [0.15, 0.2) is 0 Å². The predicted molar refractivity (Wildman–Crippen MR) is 77.0 cm³/mol. The van der Waals surface area contributed by atoms with E-state index in [0.29, 0.717) is 15.4 Å². The van der Waals surface area contributed by atoms with Gasteiger partial charge >= 0.3 is 0 Å². The molecule has 2 nitrogen and oxygen atoms in total. The molecule has 1 aromatic rings. The molecule has 2 rings (SSSR count). The largest absolute Gasteiger partial charge is 0.339 e. The minimum absolute atomic E-state index is 0.0295. The van der Waals surface area contributed by atoms with Gasteiger partial charge in [-0.15, -0.1) is 0 Å². The van der Waals surface area contributed by atoms with E-state index in [2.05, 4.69) is 31.9 Å². The van der Waals surface area contributed by atoms with E-state index in [1.165, 1.54) is 0 Å². The highest BCUT2D eigenvalue weighted by Crippen LogP contribution is 2.25. The second-order valence-corrected chi connectivity index (χ2v) is 6.71. The lowest BCUT2D eigenvalue weighted by Crippen LogP contribution is -2.38. The van der Waals surface area contributed by atoms with Crippen molar-refractivity contribution in [3.05, 3.63) is 33.3 Å². The summed E-state index contributed by atoms with van der Waals surface area (Å²) in [4.78, 5) is 14.7. The number of amides is 1. The molecular formula is C12H12Br2ClNO. The number of carbonyl (C=O) groups is 1. The SMILES string of the molecule is O=C(c1ccc(Br)cc1Cl)N1CCC(Br)CC1. The van der Waals surface area contributed by atoms with E-state index in [0.717, 1.165) is 30.4 Å². The number of hydrogen-bond donors (Lipinski definition) is 0. The van der Waals surface area contributed by atoms with Crippen LogP contribution in [0.5, 0.6) is 0 Å². The number of alkyl halides is 1. The highest BCUT2D eigenvalue weighted by Gasteiger charge is 2.23. The molecular weight excluding hydrogens is 369 g/mol. The normalized spacial score (nSPS) is 17.2. The smallest absolute Gasteiger partial charge is 0.255 e. The summed E-state index contributed by atoms with van der Waals surface area (Å²) < 4.78 is 0.887. The van der Waals surface area contributed by atoms with Crippen molar-refractivity contribution in [1.29, 1.82) is 0 Å². The molecule has 0 bridgehead atoms. The second-order valence-electron chi connectivity index (χ2n) is 4.09. The molecule has 0 radical (unpaired) electrons. The summed E-state index contributed by atoms with van der Waals surface area (Å²) in [6, 6.07) is 5.37. The maximum atomic E-state index is 12.2. The van der Waals surface area contributed by atoms with Gasteiger partial charge in [0.25, 0.3) is 5.91 Å². The zero-order valence-electron chi connectivity index (χ0n) is 9.13. The van der Waals surface area contributed by atoms with Gasteiger partial charge in [-0.1, -0.05) is 43.5 Å². The summed E-state index contributed by atoms with van der Waals surface area (Å²) in [5.74, 6) is 0.0295. The summed E-state index contributed by atoms with van der Waals surface area (Å²) in [7, 11) is 0. The Kier molecular flexibility index (Phi) is 4.50. The molecule has 92 valence electrons. The fourth-order valence-electron chi connectivity index (χ4n) is 1.88. The first kappa shape index (κ1) is 13.4. The Morgan fingerprint density at radius 2 is 2.00 bits per heavy atom. The molecule has 0 aromatic heterocycles. The van der Waals surface area contributed by atoms with Crippen LogP contribution in [-0.4, -0.2) is 28.7 Å². The molecule has 1 fully saturated rings. The van der Waals surface area contributed by atoms with Gasteiger partial charge in [0, 0.05) is 22.4 Å². The molecule has 1 aliphatic rings. The van der Waals surface area contributed by atoms with E-state index in [9.17, 15) is 4.79 Å². The lowest BCUT2D eigenvalue weighted by atomic mass is 10.1. The zero-order valence-corrected chi connectivity index (χ0v) is 13.1. The van der Waals surface area contributed by atoms with Crippen LogP contribution in [-0.2, 0) is 0 Å². The van der Waals surface area contributed by atoms with Gasteiger partial charge in [-0.05, 0) is 31.0 Å². The standard InChI is InChI=1S/C12H12Br2ClNO/c13-8-3-5-16(6-4-8)12(17)10-2-1-9(14)7-11(10)15/h1-2,7-8H,3-6H2. The van der Waals surface area contributed by atoms with Gasteiger partial charge in [0.1, 0.15) is 0 Å². The van der Waals surface area contributed by atoms with Crippen molar-refractivity contribution in [3.63, 3.8) is 0 Å². The third-order valence-electron chi connectivity index (χ3n) is 2.87. The van der Waals surface area contributed by atoms with Crippen LogP contribution in [0, 0.1) is 0 Å². The maximum absolute atomic E-state index is 12.2. The number of carbonyl (C=O) groups excluding carboxylic acids is 1. The molecule has 1 amide bonds. The van der Waals surface area contributed by atoms with E-state index in [-0.39, 0.29) is 5.91 Å². The van der Waals surface area contributed by atoms with Crippen molar-refractivity contribution in [3.8, 4) is 0 Å². The fraction of sp³-hybridized carbons (Fsp3) is 0.417. The first-order chi connectivity index (χ1) is 8.08.